The first-order valence-electron chi connectivity index (χ1n) is 5.45. The van der Waals surface area contributed by atoms with E-state index in [0.29, 0.717) is 10.6 Å². The zero-order chi connectivity index (χ0) is 13.3. The van der Waals surface area contributed by atoms with Crippen LogP contribution in [0.3, 0.4) is 0 Å². The largest absolute Gasteiger partial charge is 0.320 e. The molecule has 1 nitrogen and oxygen atoms in total. The van der Waals surface area contributed by atoms with E-state index >= 15 is 0 Å². The average molecular weight is 329 g/mol. The maximum atomic E-state index is 13.3. The van der Waals surface area contributed by atoms with E-state index < -0.39 is 6.04 Å². The van der Waals surface area contributed by atoms with Gasteiger partial charge in [0, 0.05) is 9.50 Å². The molecule has 2 rings (SSSR count). The molecule has 0 fully saturated rings. The van der Waals surface area contributed by atoms with Crippen LogP contribution in [-0.2, 0) is 0 Å². The van der Waals surface area contributed by atoms with E-state index in [0.717, 1.165) is 15.6 Å². The number of hydrogen-bond donors (Lipinski definition) is 1. The minimum atomic E-state index is -0.440. The van der Waals surface area contributed by atoms with Crippen molar-refractivity contribution in [2.24, 2.45) is 5.73 Å². The van der Waals surface area contributed by atoms with E-state index in [9.17, 15) is 4.39 Å². The van der Waals surface area contributed by atoms with Crippen LogP contribution in [0.25, 0.3) is 0 Å². The molecular weight excluding hydrogens is 317 g/mol. The number of halogens is 3. The second-order valence-electron chi connectivity index (χ2n) is 4.21. The van der Waals surface area contributed by atoms with Crippen molar-refractivity contribution in [2.75, 3.05) is 0 Å². The number of aryl methyl sites for hydroxylation is 1. The Balaban J connectivity index is 2.47. The summed E-state index contributed by atoms with van der Waals surface area (Å²) in [5.41, 5.74) is 8.73. The van der Waals surface area contributed by atoms with E-state index in [4.69, 9.17) is 17.3 Å². The molecule has 1 atom stereocenters. The molecule has 18 heavy (non-hydrogen) atoms. The highest BCUT2D eigenvalue weighted by Gasteiger charge is 2.14. The lowest BCUT2D eigenvalue weighted by molar-refractivity contribution is 0.623. The van der Waals surface area contributed by atoms with E-state index in [1.165, 1.54) is 18.2 Å². The highest BCUT2D eigenvalue weighted by molar-refractivity contribution is 9.10. The lowest BCUT2D eigenvalue weighted by atomic mass is 9.98. The Labute approximate surface area is 119 Å². The SMILES string of the molecule is Cc1cc(Br)cc(C(N)c2cc(F)ccc2Cl)c1. The molecule has 0 radical (unpaired) electrons. The first kappa shape index (κ1) is 13.5. The smallest absolute Gasteiger partial charge is 0.123 e. The molecule has 2 N–H and O–H groups in total. The fourth-order valence-corrected chi connectivity index (χ4v) is 2.74. The van der Waals surface area contributed by atoms with Crippen molar-refractivity contribution in [2.45, 2.75) is 13.0 Å². The zero-order valence-electron chi connectivity index (χ0n) is 9.75. The highest BCUT2D eigenvalue weighted by Crippen LogP contribution is 2.29. The monoisotopic (exact) mass is 327 g/mol. The van der Waals surface area contributed by atoms with Gasteiger partial charge in [-0.15, -0.1) is 0 Å². The summed E-state index contributed by atoms with van der Waals surface area (Å²) in [6.07, 6.45) is 0. The van der Waals surface area contributed by atoms with Crippen LogP contribution in [0.5, 0.6) is 0 Å². The van der Waals surface area contributed by atoms with Crippen molar-refractivity contribution in [1.29, 1.82) is 0 Å². The van der Waals surface area contributed by atoms with E-state index in [2.05, 4.69) is 15.9 Å². The Bertz CT molecular complexity index is 566. The average Bonchev–Trinajstić information content (AvgIpc) is 2.30. The van der Waals surface area contributed by atoms with Crippen molar-refractivity contribution < 1.29 is 4.39 Å². The Hall–Kier alpha value is -0.900. The number of hydrogen-bond acceptors (Lipinski definition) is 1. The molecule has 0 heterocycles. The summed E-state index contributed by atoms with van der Waals surface area (Å²) >= 11 is 9.49. The van der Waals surface area contributed by atoms with Gasteiger partial charge in [-0.1, -0.05) is 33.6 Å². The van der Waals surface area contributed by atoms with Crippen LogP contribution in [0.4, 0.5) is 4.39 Å². The molecule has 2 aromatic rings. The Morgan fingerprint density at radius 2 is 1.94 bits per heavy atom. The molecule has 0 aliphatic carbocycles. The maximum Gasteiger partial charge on any atom is 0.123 e. The van der Waals surface area contributed by atoms with Crippen LogP contribution in [0, 0.1) is 12.7 Å². The van der Waals surface area contributed by atoms with Gasteiger partial charge in [0.15, 0.2) is 0 Å². The Kier molecular flexibility index (Phi) is 4.05. The molecule has 0 amide bonds. The third kappa shape index (κ3) is 2.91. The van der Waals surface area contributed by atoms with Gasteiger partial charge in [-0.05, 0) is 53.9 Å². The predicted octanol–water partition coefficient (Wildman–Crippen LogP) is 4.60. The van der Waals surface area contributed by atoms with Gasteiger partial charge in [0.25, 0.3) is 0 Å². The molecule has 94 valence electrons. The molecule has 0 aliphatic heterocycles. The minimum Gasteiger partial charge on any atom is -0.320 e. The van der Waals surface area contributed by atoms with Crippen molar-refractivity contribution >= 4 is 27.5 Å². The van der Waals surface area contributed by atoms with Gasteiger partial charge >= 0.3 is 0 Å². The van der Waals surface area contributed by atoms with Crippen molar-refractivity contribution in [3.05, 3.63) is 68.4 Å². The van der Waals surface area contributed by atoms with E-state index in [1.807, 2.05) is 25.1 Å². The van der Waals surface area contributed by atoms with Crippen molar-refractivity contribution in [1.82, 2.24) is 0 Å². The maximum absolute atomic E-state index is 13.3. The van der Waals surface area contributed by atoms with Crippen LogP contribution in [0.15, 0.2) is 40.9 Å². The van der Waals surface area contributed by atoms with Crippen LogP contribution >= 0.6 is 27.5 Å². The lowest BCUT2D eigenvalue weighted by Gasteiger charge is -2.15. The summed E-state index contributed by atoms with van der Waals surface area (Å²) in [5, 5.41) is 0.474. The zero-order valence-corrected chi connectivity index (χ0v) is 12.1. The van der Waals surface area contributed by atoms with E-state index in [1.54, 1.807) is 0 Å². The first-order valence-corrected chi connectivity index (χ1v) is 6.62. The van der Waals surface area contributed by atoms with Crippen LogP contribution in [0.1, 0.15) is 22.7 Å². The normalized spacial score (nSPS) is 12.5. The molecular formula is C14H12BrClFN. The van der Waals surface area contributed by atoms with Crippen LogP contribution < -0.4 is 5.73 Å². The van der Waals surface area contributed by atoms with Gasteiger partial charge in [0.1, 0.15) is 5.82 Å². The molecule has 0 bridgehead atoms. The van der Waals surface area contributed by atoms with Gasteiger partial charge in [-0.25, -0.2) is 4.39 Å². The second kappa shape index (κ2) is 5.39. The van der Waals surface area contributed by atoms with E-state index in [-0.39, 0.29) is 5.82 Å². The molecule has 4 heteroatoms. The summed E-state index contributed by atoms with van der Waals surface area (Å²) in [6.45, 7) is 1.98. The topological polar surface area (TPSA) is 26.0 Å². The third-order valence-electron chi connectivity index (χ3n) is 2.72. The number of nitrogens with two attached hydrogens (primary N) is 1. The Morgan fingerprint density at radius 3 is 2.61 bits per heavy atom. The van der Waals surface area contributed by atoms with Crippen molar-refractivity contribution in [3.63, 3.8) is 0 Å². The Morgan fingerprint density at radius 1 is 1.22 bits per heavy atom. The van der Waals surface area contributed by atoms with Gasteiger partial charge in [-0.2, -0.15) is 0 Å². The lowest BCUT2D eigenvalue weighted by Crippen LogP contribution is -2.13. The summed E-state index contributed by atoms with van der Waals surface area (Å²) in [4.78, 5) is 0. The van der Waals surface area contributed by atoms with Gasteiger partial charge in [-0.3, -0.25) is 0 Å². The van der Waals surface area contributed by atoms with Crippen molar-refractivity contribution in [3.8, 4) is 0 Å². The third-order valence-corrected chi connectivity index (χ3v) is 3.52. The minimum absolute atomic E-state index is 0.337. The standard InChI is InChI=1S/C14H12BrClFN/c1-8-4-9(6-10(15)5-8)14(18)12-7-11(17)2-3-13(12)16/h2-7,14H,18H2,1H3. The summed E-state index contributed by atoms with van der Waals surface area (Å²) < 4.78 is 14.2. The number of benzene rings is 2. The number of rotatable bonds is 2. The van der Waals surface area contributed by atoms with Crippen LogP contribution in [0.2, 0.25) is 5.02 Å². The van der Waals surface area contributed by atoms with Gasteiger partial charge in [0.2, 0.25) is 0 Å². The molecule has 0 saturated carbocycles. The molecule has 0 saturated heterocycles. The fourth-order valence-electron chi connectivity index (χ4n) is 1.88. The molecule has 1 unspecified atom stereocenters. The summed E-state index contributed by atoms with van der Waals surface area (Å²) in [6, 6.07) is 9.66. The molecule has 0 spiro atoms. The van der Waals surface area contributed by atoms with Gasteiger partial charge < -0.3 is 5.73 Å². The van der Waals surface area contributed by atoms with Gasteiger partial charge in [0.05, 0.1) is 6.04 Å². The second-order valence-corrected chi connectivity index (χ2v) is 5.53. The quantitative estimate of drug-likeness (QED) is 0.856. The highest BCUT2D eigenvalue weighted by atomic mass is 79.9. The summed E-state index contributed by atoms with van der Waals surface area (Å²) in [5.74, 6) is -0.337. The predicted molar refractivity (Wildman–Crippen MR) is 76.3 cm³/mol. The molecule has 2 aromatic carbocycles. The molecule has 0 aliphatic rings. The summed E-state index contributed by atoms with van der Waals surface area (Å²) in [7, 11) is 0. The first-order chi connectivity index (χ1) is 8.47. The molecule has 0 aromatic heterocycles. The van der Waals surface area contributed by atoms with Crippen LogP contribution in [-0.4, -0.2) is 0 Å². The fraction of sp³-hybridized carbons (Fsp3) is 0.143.